The van der Waals surface area contributed by atoms with Crippen LogP contribution in [0, 0.1) is 0 Å². The van der Waals surface area contributed by atoms with E-state index >= 15 is 0 Å². The maximum Gasteiger partial charge on any atom is 0.163 e. The number of aromatic hydroxyl groups is 1. The highest BCUT2D eigenvalue weighted by molar-refractivity contribution is 6.31. The van der Waals surface area contributed by atoms with E-state index in [4.69, 9.17) is 11.6 Å². The Labute approximate surface area is 81.1 Å². The van der Waals surface area contributed by atoms with Crippen LogP contribution in [0.1, 0.15) is 28.8 Å². The fourth-order valence-electron chi connectivity index (χ4n) is 1.69. The molecule has 0 spiro atoms. The second kappa shape index (κ2) is 3.04. The van der Waals surface area contributed by atoms with Crippen molar-refractivity contribution in [2.75, 3.05) is 0 Å². The molecule has 1 aliphatic carbocycles. The van der Waals surface area contributed by atoms with E-state index in [0.29, 0.717) is 17.0 Å². The Morgan fingerprint density at radius 1 is 1.31 bits per heavy atom. The zero-order chi connectivity index (χ0) is 9.42. The molecule has 0 radical (unpaired) electrons. The fourth-order valence-corrected chi connectivity index (χ4v) is 1.91. The number of phenols is 1. The van der Waals surface area contributed by atoms with E-state index < -0.39 is 0 Å². The predicted molar refractivity (Wildman–Crippen MR) is 50.4 cm³/mol. The van der Waals surface area contributed by atoms with Crippen molar-refractivity contribution >= 4 is 17.4 Å². The molecule has 0 aliphatic heterocycles. The summed E-state index contributed by atoms with van der Waals surface area (Å²) in [7, 11) is 0. The normalized spacial score (nSPS) is 15.6. The molecular weight excluding hydrogens is 188 g/mol. The molecule has 0 unspecified atom stereocenters. The van der Waals surface area contributed by atoms with Gasteiger partial charge in [0, 0.05) is 22.6 Å². The summed E-state index contributed by atoms with van der Waals surface area (Å²) in [4.78, 5) is 11.4. The van der Waals surface area contributed by atoms with E-state index in [0.717, 1.165) is 18.4 Å². The van der Waals surface area contributed by atoms with Crippen LogP contribution < -0.4 is 0 Å². The molecule has 13 heavy (non-hydrogen) atoms. The number of benzene rings is 1. The molecule has 0 saturated carbocycles. The van der Waals surface area contributed by atoms with Gasteiger partial charge in [-0.1, -0.05) is 11.6 Å². The van der Waals surface area contributed by atoms with Gasteiger partial charge in [0.1, 0.15) is 5.75 Å². The molecule has 0 amide bonds. The van der Waals surface area contributed by atoms with Crippen LogP contribution in [0.4, 0.5) is 0 Å². The Bertz CT molecular complexity index is 371. The lowest BCUT2D eigenvalue weighted by atomic mass is 9.90. The monoisotopic (exact) mass is 196 g/mol. The maximum atomic E-state index is 11.4. The van der Waals surface area contributed by atoms with Gasteiger partial charge in [0.2, 0.25) is 0 Å². The van der Waals surface area contributed by atoms with Crippen molar-refractivity contribution in [3.05, 3.63) is 28.3 Å². The molecule has 0 atom stereocenters. The Kier molecular flexibility index (Phi) is 2.00. The van der Waals surface area contributed by atoms with E-state index in [9.17, 15) is 9.90 Å². The van der Waals surface area contributed by atoms with Crippen molar-refractivity contribution in [3.63, 3.8) is 0 Å². The van der Waals surface area contributed by atoms with Crippen LogP contribution >= 0.6 is 11.6 Å². The molecule has 1 aromatic carbocycles. The molecule has 0 saturated heterocycles. The highest BCUT2D eigenvalue weighted by Crippen LogP contribution is 2.31. The molecule has 2 rings (SSSR count). The third-order valence-electron chi connectivity index (χ3n) is 2.32. The van der Waals surface area contributed by atoms with Gasteiger partial charge in [-0.15, -0.1) is 0 Å². The summed E-state index contributed by atoms with van der Waals surface area (Å²) in [6, 6.07) is 3.12. The maximum absolute atomic E-state index is 11.4. The molecule has 1 aliphatic rings. The highest BCUT2D eigenvalue weighted by Gasteiger charge is 2.20. The first-order chi connectivity index (χ1) is 6.18. The highest BCUT2D eigenvalue weighted by atomic mass is 35.5. The summed E-state index contributed by atoms with van der Waals surface area (Å²) in [6.45, 7) is 0. The lowest BCUT2D eigenvalue weighted by molar-refractivity contribution is 0.0971. The zero-order valence-corrected chi connectivity index (χ0v) is 7.77. The van der Waals surface area contributed by atoms with E-state index in [-0.39, 0.29) is 11.5 Å². The summed E-state index contributed by atoms with van der Waals surface area (Å²) in [5.41, 5.74) is 1.34. The number of Topliss-reactive ketones (excluding diaryl/α,β-unsaturated/α-hetero) is 1. The number of fused-ring (bicyclic) bond motifs is 1. The van der Waals surface area contributed by atoms with Gasteiger partial charge in [0.25, 0.3) is 0 Å². The standard InChI is InChI=1S/C10H9ClO2/c11-6-4-8-7(10(13)5-6)2-1-3-9(8)12/h4-5,13H,1-3H2. The van der Waals surface area contributed by atoms with Crippen LogP contribution in [-0.4, -0.2) is 10.9 Å². The van der Waals surface area contributed by atoms with Crippen LogP contribution in [0.25, 0.3) is 0 Å². The average Bonchev–Trinajstić information content (AvgIpc) is 2.07. The van der Waals surface area contributed by atoms with Crippen molar-refractivity contribution in [1.82, 2.24) is 0 Å². The SMILES string of the molecule is O=C1CCCc2c(O)cc(Cl)cc21. The van der Waals surface area contributed by atoms with Crippen LogP contribution in [0.15, 0.2) is 12.1 Å². The van der Waals surface area contributed by atoms with E-state index in [1.165, 1.54) is 6.07 Å². The van der Waals surface area contributed by atoms with Crippen LogP contribution in [-0.2, 0) is 6.42 Å². The molecular formula is C10H9ClO2. The van der Waals surface area contributed by atoms with Gasteiger partial charge in [-0.2, -0.15) is 0 Å². The van der Waals surface area contributed by atoms with Crippen molar-refractivity contribution in [3.8, 4) is 5.75 Å². The van der Waals surface area contributed by atoms with Gasteiger partial charge in [-0.25, -0.2) is 0 Å². The zero-order valence-electron chi connectivity index (χ0n) is 7.01. The molecule has 3 heteroatoms. The first-order valence-electron chi connectivity index (χ1n) is 4.23. The third kappa shape index (κ3) is 1.42. The van der Waals surface area contributed by atoms with Gasteiger partial charge >= 0.3 is 0 Å². The Balaban J connectivity index is 2.63. The molecule has 1 N–H and O–H groups in total. The van der Waals surface area contributed by atoms with Crippen LogP contribution in [0.2, 0.25) is 5.02 Å². The Morgan fingerprint density at radius 2 is 2.08 bits per heavy atom. The van der Waals surface area contributed by atoms with E-state index in [1.807, 2.05) is 0 Å². The van der Waals surface area contributed by atoms with Gasteiger partial charge in [0.15, 0.2) is 5.78 Å². The van der Waals surface area contributed by atoms with Crippen LogP contribution in [0.5, 0.6) is 5.75 Å². The number of carbonyl (C=O) groups is 1. The lowest BCUT2D eigenvalue weighted by Gasteiger charge is -2.15. The van der Waals surface area contributed by atoms with E-state index in [1.54, 1.807) is 6.07 Å². The second-order valence-corrected chi connectivity index (χ2v) is 3.66. The minimum absolute atomic E-state index is 0.0825. The Morgan fingerprint density at radius 3 is 2.85 bits per heavy atom. The van der Waals surface area contributed by atoms with E-state index in [2.05, 4.69) is 0 Å². The lowest BCUT2D eigenvalue weighted by Crippen LogP contribution is -2.10. The number of carbonyl (C=O) groups excluding carboxylic acids is 1. The quantitative estimate of drug-likeness (QED) is 0.693. The van der Waals surface area contributed by atoms with Gasteiger partial charge < -0.3 is 5.11 Å². The number of hydrogen-bond acceptors (Lipinski definition) is 2. The van der Waals surface area contributed by atoms with Crippen molar-refractivity contribution in [2.24, 2.45) is 0 Å². The fraction of sp³-hybridized carbons (Fsp3) is 0.300. The van der Waals surface area contributed by atoms with Crippen molar-refractivity contribution in [1.29, 1.82) is 0 Å². The van der Waals surface area contributed by atoms with Crippen LogP contribution in [0.3, 0.4) is 0 Å². The number of phenolic OH excluding ortho intramolecular Hbond substituents is 1. The van der Waals surface area contributed by atoms with Gasteiger partial charge in [0.05, 0.1) is 0 Å². The topological polar surface area (TPSA) is 37.3 Å². The smallest absolute Gasteiger partial charge is 0.163 e. The molecule has 0 aromatic heterocycles. The third-order valence-corrected chi connectivity index (χ3v) is 2.54. The molecule has 1 aromatic rings. The average molecular weight is 197 g/mol. The predicted octanol–water partition coefficient (Wildman–Crippen LogP) is 2.56. The number of hydrogen-bond donors (Lipinski definition) is 1. The number of ketones is 1. The Hall–Kier alpha value is -1.02. The number of halogens is 1. The molecule has 0 bridgehead atoms. The molecule has 0 heterocycles. The summed E-state index contributed by atoms with van der Waals surface area (Å²) in [5, 5.41) is 9.94. The summed E-state index contributed by atoms with van der Waals surface area (Å²) < 4.78 is 0. The van der Waals surface area contributed by atoms with Crippen molar-refractivity contribution in [2.45, 2.75) is 19.3 Å². The summed E-state index contributed by atoms with van der Waals surface area (Å²) >= 11 is 5.74. The largest absolute Gasteiger partial charge is 0.508 e. The minimum atomic E-state index is 0.0825. The molecule has 68 valence electrons. The molecule has 2 nitrogen and oxygen atoms in total. The van der Waals surface area contributed by atoms with Gasteiger partial charge in [-0.3, -0.25) is 4.79 Å². The number of rotatable bonds is 0. The first-order valence-corrected chi connectivity index (χ1v) is 4.61. The van der Waals surface area contributed by atoms with Gasteiger partial charge in [-0.05, 0) is 25.0 Å². The molecule has 0 fully saturated rings. The second-order valence-electron chi connectivity index (χ2n) is 3.23. The summed E-state index contributed by atoms with van der Waals surface area (Å²) in [6.07, 6.45) is 2.15. The summed E-state index contributed by atoms with van der Waals surface area (Å²) in [5.74, 6) is 0.231. The first kappa shape index (κ1) is 8.57. The minimum Gasteiger partial charge on any atom is -0.508 e. The van der Waals surface area contributed by atoms with Crippen molar-refractivity contribution < 1.29 is 9.90 Å².